The highest BCUT2D eigenvalue weighted by Gasteiger charge is 2.13. The Morgan fingerprint density at radius 2 is 2.00 bits per heavy atom. The summed E-state index contributed by atoms with van der Waals surface area (Å²) in [7, 11) is 0. The lowest BCUT2D eigenvalue weighted by molar-refractivity contribution is 0.327. The van der Waals surface area contributed by atoms with E-state index in [1.807, 2.05) is 30.3 Å². The number of ether oxygens (including phenoxy) is 1. The maximum absolute atomic E-state index is 5.57. The first kappa shape index (κ1) is 17.1. The SMILES string of the molecule is C#CCCOc1ccc(CN[C@H](CC)c2nc3ccccc3[nH]2)cc1. The molecule has 0 saturated carbocycles. The van der Waals surface area contributed by atoms with Crippen molar-refractivity contribution in [3.05, 3.63) is 59.9 Å². The molecular weight excluding hydrogens is 310 g/mol. The maximum Gasteiger partial charge on any atom is 0.124 e. The number of nitrogens with zero attached hydrogens (tertiary/aromatic N) is 1. The highest BCUT2D eigenvalue weighted by molar-refractivity contribution is 5.74. The molecular formula is C21H23N3O. The van der Waals surface area contributed by atoms with Gasteiger partial charge in [-0.1, -0.05) is 31.2 Å². The normalized spacial score (nSPS) is 12.0. The number of rotatable bonds is 8. The number of imidazole rings is 1. The van der Waals surface area contributed by atoms with Crippen LogP contribution in [-0.4, -0.2) is 16.6 Å². The van der Waals surface area contributed by atoms with Gasteiger partial charge in [0, 0.05) is 13.0 Å². The van der Waals surface area contributed by atoms with Gasteiger partial charge in [0.25, 0.3) is 0 Å². The fraction of sp³-hybridized carbons (Fsp3) is 0.286. The summed E-state index contributed by atoms with van der Waals surface area (Å²) in [6, 6.07) is 16.4. The number of terminal acetylenes is 1. The third kappa shape index (κ3) is 4.40. The molecule has 0 saturated heterocycles. The second-order valence-electron chi connectivity index (χ2n) is 5.93. The zero-order valence-corrected chi connectivity index (χ0v) is 14.5. The summed E-state index contributed by atoms with van der Waals surface area (Å²) >= 11 is 0. The molecule has 1 aromatic heterocycles. The predicted octanol–water partition coefficient (Wildman–Crippen LogP) is 4.21. The highest BCUT2D eigenvalue weighted by atomic mass is 16.5. The molecule has 2 aromatic carbocycles. The fourth-order valence-corrected chi connectivity index (χ4v) is 2.74. The van der Waals surface area contributed by atoms with Gasteiger partial charge in [-0.3, -0.25) is 0 Å². The topological polar surface area (TPSA) is 49.9 Å². The molecule has 0 aliphatic rings. The van der Waals surface area contributed by atoms with Crippen LogP contribution in [0.5, 0.6) is 5.75 Å². The van der Waals surface area contributed by atoms with E-state index in [-0.39, 0.29) is 6.04 Å². The average molecular weight is 333 g/mol. The van der Waals surface area contributed by atoms with Crippen molar-refractivity contribution < 1.29 is 4.74 Å². The van der Waals surface area contributed by atoms with Crippen LogP contribution in [0.2, 0.25) is 0 Å². The van der Waals surface area contributed by atoms with Crippen LogP contribution in [0.1, 0.15) is 37.2 Å². The van der Waals surface area contributed by atoms with E-state index >= 15 is 0 Å². The Balaban J connectivity index is 1.60. The smallest absolute Gasteiger partial charge is 0.124 e. The van der Waals surface area contributed by atoms with Crippen LogP contribution in [-0.2, 0) is 6.54 Å². The van der Waals surface area contributed by atoms with Crippen molar-refractivity contribution in [3.8, 4) is 18.1 Å². The van der Waals surface area contributed by atoms with E-state index in [1.54, 1.807) is 0 Å². The molecule has 25 heavy (non-hydrogen) atoms. The van der Waals surface area contributed by atoms with Crippen molar-refractivity contribution >= 4 is 11.0 Å². The molecule has 1 atom stereocenters. The Labute approximate surface area is 148 Å². The summed E-state index contributed by atoms with van der Waals surface area (Å²) in [6.07, 6.45) is 6.81. The van der Waals surface area contributed by atoms with Crippen LogP contribution in [0.25, 0.3) is 11.0 Å². The molecule has 1 heterocycles. The van der Waals surface area contributed by atoms with Crippen molar-refractivity contribution in [2.45, 2.75) is 32.4 Å². The van der Waals surface area contributed by atoms with Gasteiger partial charge in [0.2, 0.25) is 0 Å². The molecule has 0 unspecified atom stereocenters. The van der Waals surface area contributed by atoms with Gasteiger partial charge in [-0.05, 0) is 36.2 Å². The van der Waals surface area contributed by atoms with E-state index in [2.05, 4.69) is 41.3 Å². The minimum atomic E-state index is 0.193. The molecule has 0 aliphatic carbocycles. The summed E-state index contributed by atoms with van der Waals surface area (Å²) in [5.41, 5.74) is 3.29. The molecule has 0 radical (unpaired) electrons. The fourth-order valence-electron chi connectivity index (χ4n) is 2.74. The molecule has 0 aliphatic heterocycles. The second-order valence-corrected chi connectivity index (χ2v) is 5.93. The molecule has 0 amide bonds. The summed E-state index contributed by atoms with van der Waals surface area (Å²) in [5, 5.41) is 3.57. The van der Waals surface area contributed by atoms with Gasteiger partial charge < -0.3 is 15.0 Å². The van der Waals surface area contributed by atoms with Crippen molar-refractivity contribution in [3.63, 3.8) is 0 Å². The van der Waals surface area contributed by atoms with Crippen LogP contribution in [0, 0.1) is 12.3 Å². The van der Waals surface area contributed by atoms with E-state index in [0.29, 0.717) is 13.0 Å². The van der Waals surface area contributed by atoms with Gasteiger partial charge in [0.15, 0.2) is 0 Å². The summed E-state index contributed by atoms with van der Waals surface area (Å²) in [6.45, 7) is 3.49. The maximum atomic E-state index is 5.57. The van der Waals surface area contributed by atoms with Crippen molar-refractivity contribution in [2.24, 2.45) is 0 Å². The molecule has 0 fully saturated rings. The summed E-state index contributed by atoms with van der Waals surface area (Å²) in [4.78, 5) is 8.11. The van der Waals surface area contributed by atoms with Crippen LogP contribution >= 0.6 is 0 Å². The molecule has 0 bridgehead atoms. The van der Waals surface area contributed by atoms with Gasteiger partial charge in [-0.25, -0.2) is 4.98 Å². The lowest BCUT2D eigenvalue weighted by atomic mass is 10.1. The van der Waals surface area contributed by atoms with Gasteiger partial charge >= 0.3 is 0 Å². The lowest BCUT2D eigenvalue weighted by Crippen LogP contribution is -2.21. The van der Waals surface area contributed by atoms with E-state index in [0.717, 1.165) is 35.6 Å². The highest BCUT2D eigenvalue weighted by Crippen LogP contribution is 2.19. The van der Waals surface area contributed by atoms with Crippen molar-refractivity contribution in [2.75, 3.05) is 6.61 Å². The zero-order valence-electron chi connectivity index (χ0n) is 14.5. The average Bonchev–Trinajstić information content (AvgIpc) is 3.07. The number of H-pyrrole nitrogens is 1. The van der Waals surface area contributed by atoms with Gasteiger partial charge in [-0.15, -0.1) is 12.3 Å². The Kier molecular flexibility index (Phi) is 5.71. The van der Waals surface area contributed by atoms with Crippen LogP contribution in [0.3, 0.4) is 0 Å². The third-order valence-corrected chi connectivity index (χ3v) is 4.14. The predicted molar refractivity (Wildman–Crippen MR) is 101 cm³/mol. The molecule has 4 heteroatoms. The standard InChI is InChI=1S/C21H23N3O/c1-3-5-14-25-17-12-10-16(11-13-17)15-22-18(4-2)21-23-19-8-6-7-9-20(19)24-21/h1,6-13,18,22H,4-5,14-15H2,2H3,(H,23,24)/t18-/m1/s1. The zero-order chi connectivity index (χ0) is 17.5. The van der Waals surface area contributed by atoms with Crippen molar-refractivity contribution in [1.82, 2.24) is 15.3 Å². The first-order valence-electron chi connectivity index (χ1n) is 8.63. The minimum Gasteiger partial charge on any atom is -0.493 e. The van der Waals surface area contributed by atoms with E-state index in [4.69, 9.17) is 16.1 Å². The van der Waals surface area contributed by atoms with Crippen LogP contribution in [0.15, 0.2) is 48.5 Å². The summed E-state index contributed by atoms with van der Waals surface area (Å²) in [5.74, 6) is 4.40. The molecule has 3 aromatic rings. The number of para-hydroxylation sites is 2. The molecule has 128 valence electrons. The first-order valence-corrected chi connectivity index (χ1v) is 8.63. The number of aromatic amines is 1. The van der Waals surface area contributed by atoms with Gasteiger partial charge in [-0.2, -0.15) is 0 Å². The van der Waals surface area contributed by atoms with Crippen LogP contribution < -0.4 is 10.1 Å². The number of aromatic nitrogens is 2. The Hall–Kier alpha value is -2.77. The van der Waals surface area contributed by atoms with E-state index in [9.17, 15) is 0 Å². The largest absolute Gasteiger partial charge is 0.493 e. The number of hydrogen-bond donors (Lipinski definition) is 2. The Bertz CT molecular complexity index is 812. The summed E-state index contributed by atoms with van der Waals surface area (Å²) < 4.78 is 5.57. The Morgan fingerprint density at radius 1 is 1.20 bits per heavy atom. The minimum absolute atomic E-state index is 0.193. The Morgan fingerprint density at radius 3 is 2.72 bits per heavy atom. The van der Waals surface area contributed by atoms with Crippen LogP contribution in [0.4, 0.5) is 0 Å². The first-order chi connectivity index (χ1) is 12.3. The van der Waals surface area contributed by atoms with Crippen molar-refractivity contribution in [1.29, 1.82) is 0 Å². The van der Waals surface area contributed by atoms with E-state index < -0.39 is 0 Å². The van der Waals surface area contributed by atoms with Gasteiger partial charge in [0.05, 0.1) is 23.7 Å². The molecule has 2 N–H and O–H groups in total. The number of hydrogen-bond acceptors (Lipinski definition) is 3. The quantitative estimate of drug-likeness (QED) is 0.480. The number of fused-ring (bicyclic) bond motifs is 1. The molecule has 4 nitrogen and oxygen atoms in total. The number of nitrogens with one attached hydrogen (secondary N) is 2. The second kappa shape index (κ2) is 8.36. The van der Waals surface area contributed by atoms with Gasteiger partial charge in [0.1, 0.15) is 11.6 Å². The molecule has 3 rings (SSSR count). The van der Waals surface area contributed by atoms with E-state index in [1.165, 1.54) is 5.56 Å². The molecule has 0 spiro atoms. The lowest BCUT2D eigenvalue weighted by Gasteiger charge is -2.15. The monoisotopic (exact) mass is 333 g/mol. The third-order valence-electron chi connectivity index (χ3n) is 4.14. The number of benzene rings is 2.